The van der Waals surface area contributed by atoms with E-state index >= 15 is 0 Å². The molecular formula is C13H15Cl2NO. The third-order valence-corrected chi connectivity index (χ3v) is 3.32. The Hall–Kier alpha value is -0.730. The minimum absolute atomic E-state index is 0.150. The van der Waals surface area contributed by atoms with E-state index in [1.54, 1.807) is 0 Å². The van der Waals surface area contributed by atoms with Crippen LogP contribution < -0.4 is 0 Å². The molecule has 0 unspecified atom stereocenters. The number of halogens is 2. The van der Waals surface area contributed by atoms with E-state index in [2.05, 4.69) is 0 Å². The van der Waals surface area contributed by atoms with Crippen molar-refractivity contribution in [3.63, 3.8) is 0 Å². The van der Waals surface area contributed by atoms with E-state index in [-0.39, 0.29) is 5.91 Å². The first-order valence-corrected chi connectivity index (χ1v) is 6.72. The lowest BCUT2D eigenvalue weighted by molar-refractivity contribution is -0.132. The predicted octanol–water partition coefficient (Wildman–Crippen LogP) is 3.46. The molecule has 0 aromatic heterocycles. The van der Waals surface area contributed by atoms with Crippen LogP contribution in [0.2, 0.25) is 5.02 Å². The molecule has 0 N–H and O–H groups in total. The average molecular weight is 272 g/mol. The quantitative estimate of drug-likeness (QED) is 0.752. The second-order valence-electron chi connectivity index (χ2n) is 4.32. The summed E-state index contributed by atoms with van der Waals surface area (Å²) in [6.07, 6.45) is 2.65. The highest BCUT2D eigenvalue weighted by molar-refractivity contribution is 6.30. The summed E-state index contributed by atoms with van der Waals surface area (Å²) < 4.78 is 0. The maximum absolute atomic E-state index is 11.9. The minimum atomic E-state index is 0.150. The molecule has 1 aliphatic rings. The van der Waals surface area contributed by atoms with Gasteiger partial charge in [0.15, 0.2) is 0 Å². The number of benzene rings is 1. The second-order valence-corrected chi connectivity index (χ2v) is 5.13. The predicted molar refractivity (Wildman–Crippen MR) is 70.4 cm³/mol. The van der Waals surface area contributed by atoms with Crippen LogP contribution in [0.1, 0.15) is 24.8 Å². The lowest BCUT2D eigenvalue weighted by Gasteiger charge is -2.22. The van der Waals surface area contributed by atoms with Gasteiger partial charge in [0.05, 0.1) is 0 Å². The molecule has 0 heterocycles. The van der Waals surface area contributed by atoms with Crippen LogP contribution >= 0.6 is 23.2 Å². The van der Waals surface area contributed by atoms with Gasteiger partial charge >= 0.3 is 0 Å². The highest BCUT2D eigenvalue weighted by Crippen LogP contribution is 2.29. The molecule has 0 spiro atoms. The van der Waals surface area contributed by atoms with E-state index in [1.165, 1.54) is 0 Å². The topological polar surface area (TPSA) is 20.3 Å². The second kappa shape index (κ2) is 5.74. The zero-order chi connectivity index (χ0) is 12.3. The van der Waals surface area contributed by atoms with Crippen LogP contribution in [0.15, 0.2) is 24.3 Å². The number of carbonyl (C=O) groups excluding carboxylic acids is 1. The molecule has 1 aromatic rings. The third kappa shape index (κ3) is 3.62. The summed E-state index contributed by atoms with van der Waals surface area (Å²) in [5.74, 6) is 0.542. The number of hydrogen-bond donors (Lipinski definition) is 0. The van der Waals surface area contributed by atoms with Crippen molar-refractivity contribution in [2.24, 2.45) is 0 Å². The summed E-state index contributed by atoms with van der Waals surface area (Å²) in [7, 11) is 0. The van der Waals surface area contributed by atoms with Gasteiger partial charge in [-0.05, 0) is 30.5 Å². The standard InChI is InChI=1S/C13H15Cl2NO/c14-8-7-13(17)16(12-5-6-12)9-10-1-3-11(15)4-2-10/h1-4,12H,5-9H2. The van der Waals surface area contributed by atoms with Crippen LogP contribution in [0.4, 0.5) is 0 Å². The van der Waals surface area contributed by atoms with Gasteiger partial charge in [-0.1, -0.05) is 23.7 Å². The van der Waals surface area contributed by atoms with Crippen molar-refractivity contribution < 1.29 is 4.79 Å². The highest BCUT2D eigenvalue weighted by Gasteiger charge is 2.31. The lowest BCUT2D eigenvalue weighted by atomic mass is 10.2. The van der Waals surface area contributed by atoms with E-state index < -0.39 is 0 Å². The molecule has 0 aliphatic heterocycles. The normalized spacial score (nSPS) is 14.7. The van der Waals surface area contributed by atoms with Gasteiger partial charge in [-0.2, -0.15) is 0 Å². The first kappa shape index (κ1) is 12.7. The lowest BCUT2D eigenvalue weighted by Crippen LogP contribution is -2.32. The molecule has 0 saturated heterocycles. The Morgan fingerprint density at radius 3 is 2.47 bits per heavy atom. The molecule has 1 aliphatic carbocycles. The number of alkyl halides is 1. The molecule has 1 amide bonds. The van der Waals surface area contributed by atoms with Crippen LogP contribution in [0.5, 0.6) is 0 Å². The average Bonchev–Trinajstić information content (AvgIpc) is 3.12. The number of carbonyl (C=O) groups is 1. The van der Waals surface area contributed by atoms with E-state index in [9.17, 15) is 4.79 Å². The molecule has 0 radical (unpaired) electrons. The Labute approximate surface area is 112 Å². The van der Waals surface area contributed by atoms with Crippen LogP contribution in [0, 0.1) is 0 Å². The fourth-order valence-corrected chi connectivity index (χ4v) is 2.11. The third-order valence-electron chi connectivity index (χ3n) is 2.88. The van der Waals surface area contributed by atoms with Gasteiger partial charge in [-0.3, -0.25) is 4.79 Å². The Morgan fingerprint density at radius 1 is 1.29 bits per heavy atom. The minimum Gasteiger partial charge on any atom is -0.335 e. The van der Waals surface area contributed by atoms with E-state index in [4.69, 9.17) is 23.2 Å². The van der Waals surface area contributed by atoms with Gasteiger partial charge in [-0.25, -0.2) is 0 Å². The Kier molecular flexibility index (Phi) is 4.30. The first-order chi connectivity index (χ1) is 8.20. The van der Waals surface area contributed by atoms with Crippen molar-refractivity contribution in [1.82, 2.24) is 4.90 Å². The van der Waals surface area contributed by atoms with Crippen molar-refractivity contribution >= 4 is 29.1 Å². The SMILES string of the molecule is O=C(CCCl)N(Cc1ccc(Cl)cc1)C1CC1. The maximum atomic E-state index is 11.9. The van der Waals surface area contributed by atoms with Crippen LogP contribution in [0.25, 0.3) is 0 Å². The highest BCUT2D eigenvalue weighted by atomic mass is 35.5. The van der Waals surface area contributed by atoms with Gasteiger partial charge in [0.2, 0.25) is 5.91 Å². The number of amides is 1. The first-order valence-electron chi connectivity index (χ1n) is 5.80. The van der Waals surface area contributed by atoms with Crippen molar-refractivity contribution in [2.75, 3.05) is 5.88 Å². The van der Waals surface area contributed by atoms with E-state index in [0.717, 1.165) is 23.4 Å². The molecule has 17 heavy (non-hydrogen) atoms. The fourth-order valence-electron chi connectivity index (χ4n) is 1.82. The molecule has 2 rings (SSSR count). The number of rotatable bonds is 5. The smallest absolute Gasteiger partial charge is 0.224 e. The molecule has 4 heteroatoms. The van der Waals surface area contributed by atoms with Gasteiger partial charge < -0.3 is 4.90 Å². The zero-order valence-electron chi connectivity index (χ0n) is 9.53. The summed E-state index contributed by atoms with van der Waals surface area (Å²) >= 11 is 11.5. The van der Waals surface area contributed by atoms with Crippen molar-refractivity contribution in [3.05, 3.63) is 34.9 Å². The van der Waals surface area contributed by atoms with Crippen molar-refractivity contribution in [1.29, 1.82) is 0 Å². The summed E-state index contributed by atoms with van der Waals surface area (Å²) in [4.78, 5) is 13.8. The summed E-state index contributed by atoms with van der Waals surface area (Å²) in [6, 6.07) is 8.06. The van der Waals surface area contributed by atoms with Crippen LogP contribution in [-0.2, 0) is 11.3 Å². The van der Waals surface area contributed by atoms with Gasteiger partial charge in [0.25, 0.3) is 0 Å². The van der Waals surface area contributed by atoms with E-state index in [1.807, 2.05) is 29.2 Å². The number of hydrogen-bond acceptors (Lipinski definition) is 1. The van der Waals surface area contributed by atoms with Crippen molar-refractivity contribution in [3.8, 4) is 0 Å². The molecule has 0 bridgehead atoms. The summed E-state index contributed by atoms with van der Waals surface area (Å²) in [5, 5.41) is 0.721. The Balaban J connectivity index is 2.02. The summed E-state index contributed by atoms with van der Waals surface area (Å²) in [6.45, 7) is 0.664. The molecular weight excluding hydrogens is 257 g/mol. The fraction of sp³-hybridized carbons (Fsp3) is 0.462. The number of nitrogens with zero attached hydrogens (tertiary/aromatic N) is 1. The largest absolute Gasteiger partial charge is 0.335 e. The monoisotopic (exact) mass is 271 g/mol. The molecule has 1 aromatic carbocycles. The maximum Gasteiger partial charge on any atom is 0.224 e. The van der Waals surface area contributed by atoms with Gasteiger partial charge in [0.1, 0.15) is 0 Å². The van der Waals surface area contributed by atoms with Crippen molar-refractivity contribution in [2.45, 2.75) is 31.8 Å². The van der Waals surface area contributed by atoms with E-state index in [0.29, 0.717) is 24.9 Å². The van der Waals surface area contributed by atoms with Gasteiger partial charge in [-0.15, -0.1) is 11.6 Å². The molecule has 0 atom stereocenters. The molecule has 1 saturated carbocycles. The Bertz CT molecular complexity index is 387. The van der Waals surface area contributed by atoms with Crippen LogP contribution in [0.3, 0.4) is 0 Å². The summed E-state index contributed by atoms with van der Waals surface area (Å²) in [5.41, 5.74) is 1.12. The zero-order valence-corrected chi connectivity index (χ0v) is 11.0. The van der Waals surface area contributed by atoms with Gasteiger partial charge in [0, 0.05) is 29.9 Å². The molecule has 92 valence electrons. The Morgan fingerprint density at radius 2 is 1.94 bits per heavy atom. The molecule has 2 nitrogen and oxygen atoms in total. The van der Waals surface area contributed by atoms with Crippen LogP contribution in [-0.4, -0.2) is 22.7 Å². The molecule has 1 fully saturated rings.